The van der Waals surface area contributed by atoms with Crippen LogP contribution in [0.25, 0.3) is 0 Å². The Hall–Kier alpha value is -2.43. The summed E-state index contributed by atoms with van der Waals surface area (Å²) < 4.78 is 10.5. The SMILES string of the molecule is CC(=O)Oc1ccccc1C(=O)C1=C(C)OC(C)CC1=O. The number of carbonyl (C=O) groups is 3. The van der Waals surface area contributed by atoms with E-state index in [1.165, 1.54) is 19.1 Å². The number of para-hydroxylation sites is 1. The highest BCUT2D eigenvalue weighted by Gasteiger charge is 2.31. The number of hydrogen-bond donors (Lipinski definition) is 0. The van der Waals surface area contributed by atoms with Gasteiger partial charge < -0.3 is 9.47 Å². The fourth-order valence-electron chi connectivity index (χ4n) is 2.28. The van der Waals surface area contributed by atoms with Crippen LogP contribution in [0.1, 0.15) is 37.6 Å². The molecule has 5 nitrogen and oxygen atoms in total. The van der Waals surface area contributed by atoms with Crippen LogP contribution >= 0.6 is 0 Å². The molecule has 0 spiro atoms. The number of esters is 1. The average molecular weight is 288 g/mol. The largest absolute Gasteiger partial charge is 0.494 e. The minimum absolute atomic E-state index is 0.0210. The van der Waals surface area contributed by atoms with Crippen LogP contribution in [0, 0.1) is 0 Å². The summed E-state index contributed by atoms with van der Waals surface area (Å²) in [6.45, 7) is 4.62. The first-order valence-electron chi connectivity index (χ1n) is 6.63. The van der Waals surface area contributed by atoms with E-state index in [0.29, 0.717) is 5.76 Å². The lowest BCUT2D eigenvalue weighted by Gasteiger charge is -2.23. The van der Waals surface area contributed by atoms with Crippen molar-refractivity contribution in [2.24, 2.45) is 0 Å². The van der Waals surface area contributed by atoms with Gasteiger partial charge in [-0.2, -0.15) is 0 Å². The van der Waals surface area contributed by atoms with Crippen molar-refractivity contribution in [3.63, 3.8) is 0 Å². The van der Waals surface area contributed by atoms with Crippen LogP contribution in [0.2, 0.25) is 0 Å². The molecule has 2 rings (SSSR count). The summed E-state index contributed by atoms with van der Waals surface area (Å²) in [5.74, 6) is -0.820. The molecule has 0 aromatic heterocycles. The van der Waals surface area contributed by atoms with Gasteiger partial charge in [0.1, 0.15) is 23.2 Å². The molecule has 1 heterocycles. The molecule has 1 aliphatic rings. The summed E-state index contributed by atoms with van der Waals surface area (Å²) in [7, 11) is 0. The van der Waals surface area contributed by atoms with Crippen molar-refractivity contribution in [2.75, 3.05) is 0 Å². The fourth-order valence-corrected chi connectivity index (χ4v) is 2.28. The maximum Gasteiger partial charge on any atom is 0.308 e. The van der Waals surface area contributed by atoms with Crippen LogP contribution in [0.15, 0.2) is 35.6 Å². The van der Waals surface area contributed by atoms with E-state index in [1.807, 2.05) is 0 Å². The number of Topliss-reactive ketones (excluding diaryl/α,β-unsaturated/α-hetero) is 2. The first-order valence-corrected chi connectivity index (χ1v) is 6.63. The van der Waals surface area contributed by atoms with Crippen molar-refractivity contribution < 1.29 is 23.9 Å². The molecule has 110 valence electrons. The van der Waals surface area contributed by atoms with Crippen LogP contribution in [0.3, 0.4) is 0 Å². The summed E-state index contributed by atoms with van der Waals surface area (Å²) in [6, 6.07) is 6.33. The van der Waals surface area contributed by atoms with Gasteiger partial charge in [0.05, 0.1) is 5.56 Å². The number of carbonyl (C=O) groups excluding carboxylic acids is 3. The molecule has 1 aromatic carbocycles. The van der Waals surface area contributed by atoms with Crippen molar-refractivity contribution in [1.29, 1.82) is 0 Å². The summed E-state index contributed by atoms with van der Waals surface area (Å²) in [5, 5.41) is 0. The molecule has 0 aliphatic carbocycles. The Balaban J connectivity index is 2.43. The monoisotopic (exact) mass is 288 g/mol. The molecular formula is C16H16O5. The highest BCUT2D eigenvalue weighted by Crippen LogP contribution is 2.27. The number of hydrogen-bond acceptors (Lipinski definition) is 5. The zero-order valence-corrected chi connectivity index (χ0v) is 12.1. The number of rotatable bonds is 3. The molecule has 1 aliphatic heterocycles. The Morgan fingerprint density at radius 1 is 1.29 bits per heavy atom. The normalized spacial score (nSPS) is 18.2. The zero-order valence-electron chi connectivity index (χ0n) is 12.1. The lowest BCUT2D eigenvalue weighted by molar-refractivity contribution is -0.131. The van der Waals surface area contributed by atoms with Crippen LogP contribution in [-0.4, -0.2) is 23.6 Å². The highest BCUT2D eigenvalue weighted by atomic mass is 16.5. The van der Waals surface area contributed by atoms with E-state index in [1.54, 1.807) is 26.0 Å². The minimum Gasteiger partial charge on any atom is -0.494 e. The van der Waals surface area contributed by atoms with Crippen molar-refractivity contribution in [2.45, 2.75) is 33.3 Å². The van der Waals surface area contributed by atoms with E-state index in [9.17, 15) is 14.4 Å². The summed E-state index contributed by atoms with van der Waals surface area (Å²) in [5.41, 5.74) is 0.196. The summed E-state index contributed by atoms with van der Waals surface area (Å²) in [4.78, 5) is 35.8. The van der Waals surface area contributed by atoms with Gasteiger partial charge in [-0.1, -0.05) is 12.1 Å². The minimum atomic E-state index is -0.527. The molecule has 0 N–H and O–H groups in total. The van der Waals surface area contributed by atoms with E-state index >= 15 is 0 Å². The van der Waals surface area contributed by atoms with Crippen molar-refractivity contribution in [3.8, 4) is 5.75 Å². The molecule has 21 heavy (non-hydrogen) atoms. The van der Waals surface area contributed by atoms with E-state index < -0.39 is 11.8 Å². The van der Waals surface area contributed by atoms with Gasteiger partial charge in [0.25, 0.3) is 0 Å². The van der Waals surface area contributed by atoms with Crippen molar-refractivity contribution in [1.82, 2.24) is 0 Å². The van der Waals surface area contributed by atoms with Gasteiger partial charge in [0.2, 0.25) is 5.78 Å². The van der Waals surface area contributed by atoms with Crippen LogP contribution in [-0.2, 0) is 14.3 Å². The fraction of sp³-hybridized carbons (Fsp3) is 0.312. The number of allylic oxidation sites excluding steroid dienone is 2. The molecule has 0 radical (unpaired) electrons. The predicted molar refractivity (Wildman–Crippen MR) is 75.0 cm³/mol. The Labute approximate surface area is 122 Å². The smallest absolute Gasteiger partial charge is 0.308 e. The maximum atomic E-state index is 12.6. The third-order valence-corrected chi connectivity index (χ3v) is 3.09. The van der Waals surface area contributed by atoms with Crippen molar-refractivity contribution >= 4 is 17.5 Å². The molecular weight excluding hydrogens is 272 g/mol. The average Bonchev–Trinajstić information content (AvgIpc) is 2.37. The molecule has 0 saturated carbocycles. The third-order valence-electron chi connectivity index (χ3n) is 3.09. The predicted octanol–water partition coefficient (Wildman–Crippen LogP) is 2.45. The second kappa shape index (κ2) is 5.91. The van der Waals surface area contributed by atoms with Gasteiger partial charge in [0, 0.05) is 13.3 Å². The third kappa shape index (κ3) is 3.18. The van der Waals surface area contributed by atoms with Gasteiger partial charge in [-0.05, 0) is 26.0 Å². The van der Waals surface area contributed by atoms with Gasteiger partial charge in [-0.25, -0.2) is 0 Å². The lowest BCUT2D eigenvalue weighted by atomic mass is 9.93. The molecule has 0 saturated heterocycles. The highest BCUT2D eigenvalue weighted by molar-refractivity contribution is 6.27. The van der Waals surface area contributed by atoms with Crippen molar-refractivity contribution in [3.05, 3.63) is 41.2 Å². The molecule has 1 unspecified atom stereocenters. The van der Waals surface area contributed by atoms with Gasteiger partial charge in [0.15, 0.2) is 5.78 Å². The van der Waals surface area contributed by atoms with E-state index in [0.717, 1.165) is 0 Å². The summed E-state index contributed by atoms with van der Waals surface area (Å²) >= 11 is 0. The Kier molecular flexibility index (Phi) is 4.21. The molecule has 0 bridgehead atoms. The Morgan fingerprint density at radius 3 is 2.57 bits per heavy atom. The van der Waals surface area contributed by atoms with E-state index in [2.05, 4.69) is 0 Å². The number of ketones is 2. The Bertz CT molecular complexity index is 642. The molecule has 0 amide bonds. The standard InChI is InChI=1S/C16H16O5/c1-9-8-13(18)15(10(2)20-9)16(19)12-6-4-5-7-14(12)21-11(3)17/h4-7,9H,8H2,1-3H3. The second-order valence-electron chi connectivity index (χ2n) is 4.91. The van der Waals surface area contributed by atoms with E-state index in [-0.39, 0.29) is 35.2 Å². The lowest BCUT2D eigenvalue weighted by Crippen LogP contribution is -2.27. The molecule has 1 aromatic rings. The van der Waals surface area contributed by atoms with Gasteiger partial charge >= 0.3 is 5.97 Å². The quantitative estimate of drug-likeness (QED) is 0.370. The summed E-state index contributed by atoms with van der Waals surface area (Å²) in [6.07, 6.45) is -0.0773. The molecule has 5 heteroatoms. The van der Waals surface area contributed by atoms with Crippen LogP contribution in [0.4, 0.5) is 0 Å². The molecule has 0 fully saturated rings. The topological polar surface area (TPSA) is 69.7 Å². The van der Waals surface area contributed by atoms with E-state index in [4.69, 9.17) is 9.47 Å². The second-order valence-corrected chi connectivity index (χ2v) is 4.91. The Morgan fingerprint density at radius 2 is 1.95 bits per heavy atom. The first-order chi connectivity index (χ1) is 9.90. The number of ether oxygens (including phenoxy) is 2. The first kappa shape index (κ1) is 15.0. The van der Waals surface area contributed by atoms with Gasteiger partial charge in [-0.3, -0.25) is 14.4 Å². The number of benzene rings is 1. The van der Waals surface area contributed by atoms with Crippen LogP contribution in [0.5, 0.6) is 5.75 Å². The van der Waals surface area contributed by atoms with Crippen LogP contribution < -0.4 is 4.74 Å². The van der Waals surface area contributed by atoms with Gasteiger partial charge in [-0.15, -0.1) is 0 Å². The molecule has 1 atom stereocenters. The zero-order chi connectivity index (χ0) is 15.6. The maximum absolute atomic E-state index is 12.6.